The van der Waals surface area contributed by atoms with E-state index in [2.05, 4.69) is 4.98 Å². The van der Waals surface area contributed by atoms with Crippen molar-refractivity contribution in [3.8, 4) is 0 Å². The van der Waals surface area contributed by atoms with Crippen molar-refractivity contribution in [3.05, 3.63) is 59.4 Å². The second-order valence-corrected chi connectivity index (χ2v) is 13.3. The molecule has 4 aliphatic heterocycles. The third-order valence-electron chi connectivity index (χ3n) is 9.63. The van der Waals surface area contributed by atoms with Gasteiger partial charge < -0.3 is 33.2 Å². The first-order valence-electron chi connectivity index (χ1n) is 16.0. The third-order valence-corrected chi connectivity index (χ3v) is 9.63. The highest BCUT2D eigenvalue weighted by molar-refractivity contribution is 5.78. The zero-order valence-electron chi connectivity index (χ0n) is 27.3. The predicted octanol–water partition coefficient (Wildman–Crippen LogP) is 5.05. The topological polar surface area (TPSA) is 133 Å². The Balaban J connectivity index is 1.33. The Bertz CT molecular complexity index is 1360. The lowest BCUT2D eigenvalue weighted by molar-refractivity contribution is -0.159. The SMILES string of the molecule is CO[C@@H](/C(C)=C/C=C/C(C)=C/c1coc(C)n1)[C@@H](C)[C@@H]1C[C@H](O)[C@@]2(C)O[C@H]2/C=C\[C@H](C)[C@@H]2C[C@H](CC(=O)O2)C[C@H]2O[C@H]2C(=O)O1. The molecular formula is C35H47NO9. The highest BCUT2D eigenvalue weighted by Crippen LogP contribution is 2.44. The number of ether oxygens (including phenoxy) is 5. The van der Waals surface area contributed by atoms with Crippen LogP contribution in [0.3, 0.4) is 0 Å². The molecule has 0 saturated carbocycles. The summed E-state index contributed by atoms with van der Waals surface area (Å²) in [4.78, 5) is 30.1. The molecule has 4 aliphatic rings. The van der Waals surface area contributed by atoms with Crippen LogP contribution in [0.4, 0.5) is 0 Å². The number of aryl methyl sites for hydroxylation is 1. The summed E-state index contributed by atoms with van der Waals surface area (Å²) in [5.74, 6) is -0.316. The van der Waals surface area contributed by atoms with Crippen LogP contribution in [-0.4, -0.2) is 77.5 Å². The van der Waals surface area contributed by atoms with Crippen LogP contribution in [0, 0.1) is 24.7 Å². The van der Waals surface area contributed by atoms with Crippen LogP contribution in [0.5, 0.6) is 0 Å². The number of esters is 2. The summed E-state index contributed by atoms with van der Waals surface area (Å²) in [6, 6.07) is 0. The first kappa shape index (κ1) is 33.3. The lowest BCUT2D eigenvalue weighted by Gasteiger charge is -2.33. The maximum atomic E-state index is 13.4. The van der Waals surface area contributed by atoms with Crippen LogP contribution in [0.15, 0.2) is 52.2 Å². The van der Waals surface area contributed by atoms with Gasteiger partial charge in [-0.2, -0.15) is 0 Å². The summed E-state index contributed by atoms with van der Waals surface area (Å²) in [5.41, 5.74) is 1.86. The fourth-order valence-electron chi connectivity index (χ4n) is 6.64. The monoisotopic (exact) mass is 625 g/mol. The van der Waals surface area contributed by atoms with Gasteiger partial charge >= 0.3 is 11.9 Å². The number of aliphatic hydroxyl groups is 1. The number of rotatable bonds is 7. The largest absolute Gasteiger partial charge is 0.462 e. The molecule has 0 amide bonds. The molecule has 45 heavy (non-hydrogen) atoms. The highest BCUT2D eigenvalue weighted by Gasteiger charge is 2.57. The quantitative estimate of drug-likeness (QED) is 0.190. The molecule has 10 heteroatoms. The standard InChI is InChI=1S/C35H47NO9/c1-19(13-25-18-41-23(5)36-25)9-8-10-21(3)32(40-7)22(4)27-17-29(37)35(6)30(45-35)12-11-20(2)26-14-24(16-31(38)42-26)15-28-33(43-28)34(39)44-27/h8-13,18,20,22,24,26-30,32-33,37H,14-17H2,1-7H3/b9-8+,12-11-,19-13+,21-10+/t20-,22-,24-,26-,27-,28+,29-,30-,32-,33+,35+/m0/s1. The van der Waals surface area contributed by atoms with Crippen LogP contribution < -0.4 is 0 Å². The Kier molecular flexibility index (Phi) is 10.2. The van der Waals surface area contributed by atoms with Gasteiger partial charge in [-0.15, -0.1) is 0 Å². The molecule has 5 heterocycles. The number of allylic oxidation sites excluding steroid dienone is 4. The van der Waals surface area contributed by atoms with Crippen LogP contribution >= 0.6 is 0 Å². The Morgan fingerprint density at radius 2 is 1.91 bits per heavy atom. The molecule has 10 nitrogen and oxygen atoms in total. The average Bonchev–Trinajstić information content (AvgIpc) is 3.86. The summed E-state index contributed by atoms with van der Waals surface area (Å²) < 4.78 is 34.7. The predicted molar refractivity (Wildman–Crippen MR) is 166 cm³/mol. The van der Waals surface area contributed by atoms with E-state index in [1.54, 1.807) is 20.3 Å². The van der Waals surface area contributed by atoms with Crippen molar-refractivity contribution in [1.82, 2.24) is 4.98 Å². The molecule has 0 aromatic carbocycles. The number of epoxide rings is 2. The molecule has 1 aromatic heterocycles. The van der Waals surface area contributed by atoms with Gasteiger partial charge in [-0.1, -0.05) is 44.2 Å². The van der Waals surface area contributed by atoms with Crippen molar-refractivity contribution in [1.29, 1.82) is 0 Å². The fraction of sp³-hybridized carbons (Fsp3) is 0.629. The van der Waals surface area contributed by atoms with E-state index in [1.807, 2.05) is 71.1 Å². The molecule has 3 saturated heterocycles. The lowest BCUT2D eigenvalue weighted by atomic mass is 9.84. The minimum Gasteiger partial charge on any atom is -0.462 e. The molecule has 0 unspecified atom stereocenters. The van der Waals surface area contributed by atoms with Gasteiger partial charge in [0.2, 0.25) is 0 Å². The Morgan fingerprint density at radius 1 is 1.16 bits per heavy atom. The average molecular weight is 626 g/mol. The zero-order chi connectivity index (χ0) is 32.5. The molecule has 2 bridgehead atoms. The number of fused-ring (bicyclic) bond motifs is 4. The van der Waals surface area contributed by atoms with E-state index in [-0.39, 0.29) is 48.5 Å². The molecule has 11 atom stereocenters. The van der Waals surface area contributed by atoms with E-state index in [1.165, 1.54) is 0 Å². The summed E-state index contributed by atoms with van der Waals surface area (Å²) in [5, 5.41) is 11.4. The molecular weight excluding hydrogens is 578 g/mol. The number of carbonyl (C=O) groups is 2. The highest BCUT2D eigenvalue weighted by atomic mass is 16.6. The van der Waals surface area contributed by atoms with Gasteiger partial charge in [-0.05, 0) is 56.8 Å². The number of aliphatic hydroxyl groups excluding tert-OH is 1. The van der Waals surface area contributed by atoms with Crippen molar-refractivity contribution in [2.45, 2.75) is 116 Å². The van der Waals surface area contributed by atoms with E-state index >= 15 is 0 Å². The summed E-state index contributed by atoms with van der Waals surface area (Å²) in [7, 11) is 1.63. The van der Waals surface area contributed by atoms with Crippen LogP contribution in [0.2, 0.25) is 0 Å². The molecule has 0 spiro atoms. The van der Waals surface area contributed by atoms with E-state index < -0.39 is 36.0 Å². The van der Waals surface area contributed by atoms with E-state index in [0.717, 1.165) is 16.8 Å². The minimum absolute atomic E-state index is 0.0130. The van der Waals surface area contributed by atoms with Crippen molar-refractivity contribution >= 4 is 18.0 Å². The van der Waals surface area contributed by atoms with Gasteiger partial charge in [-0.3, -0.25) is 4.79 Å². The number of aromatic nitrogens is 1. The zero-order valence-corrected chi connectivity index (χ0v) is 27.3. The van der Waals surface area contributed by atoms with Gasteiger partial charge in [0.1, 0.15) is 35.9 Å². The molecule has 5 rings (SSSR count). The first-order valence-corrected chi connectivity index (χ1v) is 16.0. The molecule has 0 aliphatic carbocycles. The second-order valence-electron chi connectivity index (χ2n) is 13.3. The van der Waals surface area contributed by atoms with Crippen LogP contribution in [0.1, 0.15) is 71.9 Å². The number of oxazole rings is 1. The van der Waals surface area contributed by atoms with E-state index in [0.29, 0.717) is 25.2 Å². The van der Waals surface area contributed by atoms with Crippen molar-refractivity contribution < 1.29 is 42.8 Å². The maximum Gasteiger partial charge on any atom is 0.338 e. The normalized spacial score (nSPS) is 38.0. The molecule has 246 valence electrons. The second kappa shape index (κ2) is 13.7. The van der Waals surface area contributed by atoms with Crippen molar-refractivity contribution in [2.24, 2.45) is 17.8 Å². The number of hydrogen-bond acceptors (Lipinski definition) is 10. The van der Waals surface area contributed by atoms with E-state index in [4.69, 9.17) is 28.1 Å². The smallest absolute Gasteiger partial charge is 0.338 e. The van der Waals surface area contributed by atoms with Crippen LogP contribution in [0.25, 0.3) is 6.08 Å². The number of carbonyl (C=O) groups excluding carboxylic acids is 2. The first-order chi connectivity index (χ1) is 21.4. The number of cyclic esters (lactones) is 1. The summed E-state index contributed by atoms with van der Waals surface area (Å²) in [6.45, 7) is 11.6. The Labute approximate surface area is 265 Å². The molecule has 0 radical (unpaired) electrons. The van der Waals surface area contributed by atoms with Crippen molar-refractivity contribution in [3.63, 3.8) is 0 Å². The van der Waals surface area contributed by atoms with Gasteiger partial charge in [0.25, 0.3) is 0 Å². The summed E-state index contributed by atoms with van der Waals surface area (Å²) in [6.07, 6.45) is 11.7. The van der Waals surface area contributed by atoms with Gasteiger partial charge in [0.05, 0.1) is 18.3 Å². The Morgan fingerprint density at radius 3 is 2.62 bits per heavy atom. The van der Waals surface area contributed by atoms with Gasteiger partial charge in [0.15, 0.2) is 12.0 Å². The molecule has 1 aromatic rings. The lowest BCUT2D eigenvalue weighted by Crippen LogP contribution is -2.42. The molecule has 1 N–H and O–H groups in total. The van der Waals surface area contributed by atoms with Gasteiger partial charge in [0, 0.05) is 38.7 Å². The van der Waals surface area contributed by atoms with Crippen LogP contribution in [-0.2, 0) is 33.3 Å². The fourth-order valence-corrected chi connectivity index (χ4v) is 6.64. The van der Waals surface area contributed by atoms with Crippen molar-refractivity contribution in [2.75, 3.05) is 7.11 Å². The Hall–Kier alpha value is -3.05. The minimum atomic E-state index is -0.905. The third kappa shape index (κ3) is 8.03. The molecule has 3 fully saturated rings. The number of nitrogens with zero attached hydrogens (tertiary/aromatic N) is 1. The summed E-state index contributed by atoms with van der Waals surface area (Å²) >= 11 is 0. The van der Waals surface area contributed by atoms with Gasteiger partial charge in [-0.25, -0.2) is 9.78 Å². The maximum absolute atomic E-state index is 13.4. The van der Waals surface area contributed by atoms with E-state index in [9.17, 15) is 14.7 Å². The number of methoxy groups -OCH3 is 1. The number of hydrogen-bond donors (Lipinski definition) is 1.